The molecule has 210 valence electrons. The van der Waals surface area contributed by atoms with Crippen molar-refractivity contribution in [2.75, 3.05) is 6.86 Å². The Morgan fingerprint density at radius 3 is 1.76 bits per heavy atom. The molecule has 0 fully saturated rings. The molecule has 0 amide bonds. The number of hydrogen-bond donors (Lipinski definition) is 1. The standard InChI is InChI=1S/C37H33FN2O2/c1-27(2)37(41,33-20-18-29-23-34(42-25-38)21-19-28(29)22-33)35-24-40(26-39-35)36(30-12-6-3-7-13-30,31-14-8-4-9-15-31)32-16-10-5-11-17-32/h3-24,26-27,41H,25H2,1-2H3. The van der Waals surface area contributed by atoms with E-state index in [4.69, 9.17) is 9.72 Å². The summed E-state index contributed by atoms with van der Waals surface area (Å²) in [5, 5.41) is 14.3. The van der Waals surface area contributed by atoms with E-state index in [9.17, 15) is 9.50 Å². The SMILES string of the molecule is CC(C)C(O)(c1ccc2cc(OCF)ccc2c1)c1cn(C(c2ccccc2)(c2ccccc2)c2ccccc2)cn1. The number of alkyl halides is 1. The van der Waals surface area contributed by atoms with Crippen LogP contribution in [0.4, 0.5) is 4.39 Å². The summed E-state index contributed by atoms with van der Waals surface area (Å²) in [6, 6.07) is 42.5. The van der Waals surface area contributed by atoms with E-state index in [1.165, 1.54) is 0 Å². The first-order valence-electron chi connectivity index (χ1n) is 14.1. The summed E-state index contributed by atoms with van der Waals surface area (Å²) < 4.78 is 19.9. The molecule has 0 spiro atoms. The quantitative estimate of drug-likeness (QED) is 0.183. The van der Waals surface area contributed by atoms with Gasteiger partial charge in [0.25, 0.3) is 0 Å². The zero-order chi connectivity index (χ0) is 29.2. The summed E-state index contributed by atoms with van der Waals surface area (Å²) in [5.41, 5.74) is 2.43. The van der Waals surface area contributed by atoms with Crippen LogP contribution in [0.15, 0.2) is 140 Å². The fourth-order valence-electron chi connectivity index (χ4n) is 6.08. The predicted molar refractivity (Wildman–Crippen MR) is 165 cm³/mol. The molecule has 1 atom stereocenters. The Balaban J connectivity index is 1.55. The van der Waals surface area contributed by atoms with Crippen molar-refractivity contribution < 1.29 is 14.2 Å². The number of imidazole rings is 1. The van der Waals surface area contributed by atoms with Crippen LogP contribution in [0.2, 0.25) is 0 Å². The van der Waals surface area contributed by atoms with E-state index < -0.39 is 18.0 Å². The van der Waals surface area contributed by atoms with Crippen molar-refractivity contribution in [3.8, 4) is 5.75 Å². The number of ether oxygens (including phenoxy) is 1. The van der Waals surface area contributed by atoms with Crippen molar-refractivity contribution in [3.05, 3.63) is 168 Å². The Hall–Kier alpha value is -4.74. The van der Waals surface area contributed by atoms with Crippen molar-refractivity contribution in [3.63, 3.8) is 0 Å². The van der Waals surface area contributed by atoms with Gasteiger partial charge in [0.05, 0.1) is 12.0 Å². The van der Waals surface area contributed by atoms with Crippen LogP contribution in [0.5, 0.6) is 5.75 Å². The van der Waals surface area contributed by atoms with Gasteiger partial charge in [-0.1, -0.05) is 123 Å². The molecule has 6 aromatic rings. The molecular formula is C37H33FN2O2. The summed E-state index contributed by atoms with van der Waals surface area (Å²) in [5.74, 6) is 0.279. The first-order chi connectivity index (χ1) is 20.5. The number of rotatable bonds is 9. The molecule has 1 unspecified atom stereocenters. The number of fused-ring (bicyclic) bond motifs is 1. The van der Waals surface area contributed by atoms with Crippen molar-refractivity contribution in [1.29, 1.82) is 0 Å². The minimum atomic E-state index is -1.37. The molecule has 0 saturated heterocycles. The lowest BCUT2D eigenvalue weighted by Crippen LogP contribution is -2.37. The fraction of sp³-hybridized carbons (Fsp3) is 0.162. The van der Waals surface area contributed by atoms with Crippen molar-refractivity contribution in [1.82, 2.24) is 9.55 Å². The number of nitrogens with zero attached hydrogens (tertiary/aromatic N) is 2. The first kappa shape index (κ1) is 27.4. The molecule has 42 heavy (non-hydrogen) atoms. The third-order valence-electron chi connectivity index (χ3n) is 8.24. The van der Waals surface area contributed by atoms with E-state index >= 15 is 0 Å². The molecule has 1 N–H and O–H groups in total. The highest BCUT2D eigenvalue weighted by Crippen LogP contribution is 2.43. The van der Waals surface area contributed by atoms with Gasteiger partial charge < -0.3 is 14.4 Å². The van der Waals surface area contributed by atoms with Crippen molar-refractivity contribution >= 4 is 10.8 Å². The Kier molecular flexibility index (Phi) is 7.36. The van der Waals surface area contributed by atoms with Gasteiger partial charge in [0.1, 0.15) is 16.9 Å². The van der Waals surface area contributed by atoms with Crippen LogP contribution in [0.3, 0.4) is 0 Å². The highest BCUT2D eigenvalue weighted by Gasteiger charge is 2.42. The second kappa shape index (κ2) is 11.3. The van der Waals surface area contributed by atoms with Gasteiger partial charge >= 0.3 is 0 Å². The number of benzene rings is 5. The van der Waals surface area contributed by atoms with Gasteiger partial charge in [0.2, 0.25) is 6.86 Å². The molecule has 5 aromatic carbocycles. The monoisotopic (exact) mass is 556 g/mol. The van der Waals surface area contributed by atoms with Gasteiger partial charge in [-0.3, -0.25) is 0 Å². The molecular weight excluding hydrogens is 523 g/mol. The zero-order valence-corrected chi connectivity index (χ0v) is 23.7. The molecule has 0 aliphatic rings. The van der Waals surface area contributed by atoms with Crippen LogP contribution in [0.1, 0.15) is 41.8 Å². The largest absolute Gasteiger partial charge is 0.463 e. The Labute approximate surface area is 245 Å². The Morgan fingerprint density at radius 1 is 0.714 bits per heavy atom. The summed E-state index contributed by atoms with van der Waals surface area (Å²) >= 11 is 0. The van der Waals surface area contributed by atoms with E-state index in [2.05, 4.69) is 77.4 Å². The molecule has 0 aliphatic heterocycles. The number of hydrogen-bond acceptors (Lipinski definition) is 3. The van der Waals surface area contributed by atoms with E-state index in [0.717, 1.165) is 33.0 Å². The smallest absolute Gasteiger partial charge is 0.228 e. The van der Waals surface area contributed by atoms with Crippen molar-refractivity contribution in [2.24, 2.45) is 5.92 Å². The minimum Gasteiger partial charge on any atom is -0.463 e. The van der Waals surface area contributed by atoms with Crippen LogP contribution in [0, 0.1) is 5.92 Å². The summed E-state index contributed by atoms with van der Waals surface area (Å²) in [4.78, 5) is 4.90. The lowest BCUT2D eigenvalue weighted by atomic mass is 9.76. The van der Waals surface area contributed by atoms with E-state index in [1.54, 1.807) is 12.1 Å². The molecule has 1 aromatic heterocycles. The van der Waals surface area contributed by atoms with E-state index in [1.807, 2.05) is 68.8 Å². The third-order valence-corrected chi connectivity index (χ3v) is 8.24. The minimum absolute atomic E-state index is 0.188. The van der Waals surface area contributed by atoms with Gasteiger partial charge in [-0.25, -0.2) is 9.37 Å². The molecule has 6 rings (SSSR count). The van der Waals surface area contributed by atoms with Crippen LogP contribution in [-0.2, 0) is 11.1 Å². The highest BCUT2D eigenvalue weighted by atomic mass is 19.1. The summed E-state index contributed by atoms with van der Waals surface area (Å²) in [6.07, 6.45) is 3.81. The Morgan fingerprint density at radius 2 is 1.24 bits per heavy atom. The fourth-order valence-corrected chi connectivity index (χ4v) is 6.08. The third kappa shape index (κ3) is 4.56. The molecule has 0 bridgehead atoms. The maximum absolute atomic E-state index is 12.7. The van der Waals surface area contributed by atoms with Gasteiger partial charge in [-0.2, -0.15) is 0 Å². The van der Waals surface area contributed by atoms with Gasteiger partial charge in [0, 0.05) is 6.20 Å². The molecule has 0 aliphatic carbocycles. The van der Waals surface area contributed by atoms with Crippen LogP contribution >= 0.6 is 0 Å². The molecule has 4 nitrogen and oxygen atoms in total. The normalized spacial score (nSPS) is 13.3. The zero-order valence-electron chi connectivity index (χ0n) is 23.7. The van der Waals surface area contributed by atoms with Crippen LogP contribution in [-0.4, -0.2) is 21.5 Å². The highest BCUT2D eigenvalue weighted by molar-refractivity contribution is 5.85. The van der Waals surface area contributed by atoms with Crippen molar-refractivity contribution in [2.45, 2.75) is 25.0 Å². The number of aliphatic hydroxyl groups is 1. The van der Waals surface area contributed by atoms with Gasteiger partial charge in [0.15, 0.2) is 0 Å². The second-order valence-electron chi connectivity index (χ2n) is 10.9. The molecule has 0 saturated carbocycles. The van der Waals surface area contributed by atoms with E-state index in [0.29, 0.717) is 11.4 Å². The number of aromatic nitrogens is 2. The predicted octanol–water partition coefficient (Wildman–Crippen LogP) is 8.07. The lowest BCUT2D eigenvalue weighted by Gasteiger charge is -2.37. The molecule has 1 heterocycles. The topological polar surface area (TPSA) is 47.3 Å². The van der Waals surface area contributed by atoms with E-state index in [-0.39, 0.29) is 5.92 Å². The number of halogens is 1. The summed E-state index contributed by atoms with van der Waals surface area (Å²) in [7, 11) is 0. The molecule has 0 radical (unpaired) electrons. The average Bonchev–Trinajstić information content (AvgIpc) is 3.53. The Bertz CT molecular complexity index is 1690. The first-order valence-corrected chi connectivity index (χ1v) is 14.1. The maximum Gasteiger partial charge on any atom is 0.228 e. The van der Waals surface area contributed by atoms with Crippen LogP contribution in [0.25, 0.3) is 10.8 Å². The molecule has 5 heteroatoms. The van der Waals surface area contributed by atoms with Gasteiger partial charge in [-0.15, -0.1) is 0 Å². The maximum atomic E-state index is 12.7. The second-order valence-corrected chi connectivity index (χ2v) is 10.9. The van der Waals surface area contributed by atoms with Crippen LogP contribution < -0.4 is 4.74 Å². The summed E-state index contributed by atoms with van der Waals surface area (Å²) in [6.45, 7) is 3.12. The lowest BCUT2D eigenvalue weighted by molar-refractivity contribution is 0.0279. The average molecular weight is 557 g/mol. The van der Waals surface area contributed by atoms with Gasteiger partial charge in [-0.05, 0) is 57.1 Å².